The summed E-state index contributed by atoms with van der Waals surface area (Å²) in [5.41, 5.74) is 1.64. The number of nitrogens with one attached hydrogen (secondary N) is 1. The zero-order valence-electron chi connectivity index (χ0n) is 13.1. The van der Waals surface area contributed by atoms with Crippen LogP contribution in [0.15, 0.2) is 35.7 Å². The summed E-state index contributed by atoms with van der Waals surface area (Å²) >= 11 is 1.10. The average molecular weight is 336 g/mol. The van der Waals surface area contributed by atoms with Gasteiger partial charge in [-0.3, -0.25) is 10.1 Å². The molecule has 1 aromatic heterocycles. The number of benzene rings is 1. The van der Waals surface area contributed by atoms with E-state index < -0.39 is 11.0 Å². The Morgan fingerprint density at radius 1 is 1.35 bits per heavy atom. The molecule has 1 unspecified atom stereocenters. The first-order valence-electron chi connectivity index (χ1n) is 7.33. The van der Waals surface area contributed by atoms with E-state index >= 15 is 0 Å². The quantitative estimate of drug-likeness (QED) is 0.571. The number of rotatable bonds is 8. The zero-order chi connectivity index (χ0) is 16.8. The Labute approximate surface area is 138 Å². The fraction of sp³-hybridized carbons (Fsp3) is 0.375. The van der Waals surface area contributed by atoms with Gasteiger partial charge in [-0.15, -0.1) is 0 Å². The van der Waals surface area contributed by atoms with Gasteiger partial charge in [0.15, 0.2) is 0 Å². The van der Waals surface area contributed by atoms with E-state index in [1.165, 1.54) is 0 Å². The fourth-order valence-electron chi connectivity index (χ4n) is 2.06. The first kappa shape index (κ1) is 17.4. The molecule has 2 aromatic rings. The highest BCUT2D eigenvalue weighted by molar-refractivity contribution is 7.13. The van der Waals surface area contributed by atoms with Crippen molar-refractivity contribution in [3.05, 3.63) is 57.0 Å². The number of nitro groups is 1. The minimum absolute atomic E-state index is 0.113. The van der Waals surface area contributed by atoms with E-state index in [-0.39, 0.29) is 11.1 Å². The predicted molar refractivity (Wildman–Crippen MR) is 89.8 cm³/mol. The van der Waals surface area contributed by atoms with E-state index in [4.69, 9.17) is 4.74 Å². The molecule has 124 valence electrons. The molecule has 0 spiro atoms. The van der Waals surface area contributed by atoms with Crippen LogP contribution in [0.5, 0.6) is 5.75 Å². The molecular weight excluding hydrogens is 316 g/mol. The Kier molecular flexibility index (Phi) is 6.09. The second-order valence-electron chi connectivity index (χ2n) is 5.43. The maximum Gasteiger partial charge on any atom is 0.324 e. The molecule has 0 radical (unpaired) electrons. The molecule has 1 atom stereocenters. The summed E-state index contributed by atoms with van der Waals surface area (Å²) in [6, 6.07) is 8.88. The summed E-state index contributed by atoms with van der Waals surface area (Å²) in [6.45, 7) is 4.77. The third-order valence-electron chi connectivity index (χ3n) is 3.12. The number of thiophene rings is 1. The SMILES string of the molecule is CC(C)Oc1ccc(C(O)CNCc2csc([N+](=O)[O-])c2)cc1. The zero-order valence-corrected chi connectivity index (χ0v) is 13.9. The number of nitrogens with zero attached hydrogens (tertiary/aromatic N) is 1. The summed E-state index contributed by atoms with van der Waals surface area (Å²) in [7, 11) is 0. The molecule has 0 bridgehead atoms. The molecule has 0 aliphatic carbocycles. The molecule has 2 rings (SSSR count). The van der Waals surface area contributed by atoms with E-state index in [1.807, 2.05) is 38.1 Å². The van der Waals surface area contributed by atoms with Crippen LogP contribution in [0.1, 0.15) is 31.1 Å². The van der Waals surface area contributed by atoms with Crippen LogP contribution in [-0.4, -0.2) is 22.7 Å². The van der Waals surface area contributed by atoms with Gasteiger partial charge < -0.3 is 15.2 Å². The second kappa shape index (κ2) is 8.05. The molecule has 0 fully saturated rings. The summed E-state index contributed by atoms with van der Waals surface area (Å²) in [5.74, 6) is 0.773. The highest BCUT2D eigenvalue weighted by Gasteiger charge is 2.11. The lowest BCUT2D eigenvalue weighted by molar-refractivity contribution is -0.380. The molecule has 23 heavy (non-hydrogen) atoms. The molecule has 7 heteroatoms. The molecule has 1 heterocycles. The van der Waals surface area contributed by atoms with Crippen LogP contribution in [0.3, 0.4) is 0 Å². The van der Waals surface area contributed by atoms with Crippen molar-refractivity contribution in [2.75, 3.05) is 6.54 Å². The van der Waals surface area contributed by atoms with Gasteiger partial charge in [0.1, 0.15) is 5.75 Å². The monoisotopic (exact) mass is 336 g/mol. The van der Waals surface area contributed by atoms with Gasteiger partial charge in [-0.25, -0.2) is 0 Å². The van der Waals surface area contributed by atoms with Crippen molar-refractivity contribution < 1.29 is 14.8 Å². The summed E-state index contributed by atoms with van der Waals surface area (Å²) in [4.78, 5) is 10.2. The average Bonchev–Trinajstić information content (AvgIpc) is 2.96. The Morgan fingerprint density at radius 3 is 2.61 bits per heavy atom. The number of hydrogen-bond donors (Lipinski definition) is 2. The van der Waals surface area contributed by atoms with E-state index in [0.717, 1.165) is 28.2 Å². The van der Waals surface area contributed by atoms with Crippen molar-refractivity contribution in [3.63, 3.8) is 0 Å². The van der Waals surface area contributed by atoms with Gasteiger partial charge in [0, 0.05) is 24.5 Å². The first-order valence-corrected chi connectivity index (χ1v) is 8.21. The van der Waals surface area contributed by atoms with Crippen LogP contribution in [-0.2, 0) is 6.54 Å². The molecule has 0 saturated heterocycles. The van der Waals surface area contributed by atoms with E-state index in [9.17, 15) is 15.2 Å². The van der Waals surface area contributed by atoms with Crippen LogP contribution in [0, 0.1) is 10.1 Å². The van der Waals surface area contributed by atoms with Gasteiger partial charge in [-0.1, -0.05) is 23.5 Å². The normalized spacial score (nSPS) is 12.3. The van der Waals surface area contributed by atoms with Gasteiger partial charge >= 0.3 is 5.00 Å². The maximum atomic E-state index is 10.6. The smallest absolute Gasteiger partial charge is 0.324 e. The van der Waals surface area contributed by atoms with Crippen molar-refractivity contribution in [3.8, 4) is 5.75 Å². The van der Waals surface area contributed by atoms with Crippen LogP contribution < -0.4 is 10.1 Å². The highest BCUT2D eigenvalue weighted by atomic mass is 32.1. The Balaban J connectivity index is 1.81. The summed E-state index contributed by atoms with van der Waals surface area (Å²) < 4.78 is 5.56. The molecule has 6 nitrogen and oxygen atoms in total. The number of aliphatic hydroxyl groups is 1. The number of hydrogen-bond acceptors (Lipinski definition) is 6. The van der Waals surface area contributed by atoms with Crippen molar-refractivity contribution >= 4 is 16.3 Å². The maximum absolute atomic E-state index is 10.6. The minimum Gasteiger partial charge on any atom is -0.491 e. The Hall–Kier alpha value is -1.96. The lowest BCUT2D eigenvalue weighted by Gasteiger charge is -2.14. The Bertz CT molecular complexity index is 640. The van der Waals surface area contributed by atoms with E-state index in [2.05, 4.69) is 5.32 Å². The van der Waals surface area contributed by atoms with Crippen LogP contribution in [0.2, 0.25) is 0 Å². The number of ether oxygens (including phenoxy) is 1. The topological polar surface area (TPSA) is 84.6 Å². The van der Waals surface area contributed by atoms with Gasteiger partial charge in [0.2, 0.25) is 0 Å². The molecule has 1 aromatic carbocycles. The summed E-state index contributed by atoms with van der Waals surface area (Å²) in [5, 5.41) is 25.8. The third kappa shape index (κ3) is 5.31. The van der Waals surface area contributed by atoms with Gasteiger partial charge in [0.25, 0.3) is 0 Å². The van der Waals surface area contributed by atoms with Crippen LogP contribution >= 0.6 is 11.3 Å². The van der Waals surface area contributed by atoms with Gasteiger partial charge in [0.05, 0.1) is 17.1 Å². The summed E-state index contributed by atoms with van der Waals surface area (Å²) in [6.07, 6.45) is -0.529. The van der Waals surface area contributed by atoms with Crippen molar-refractivity contribution in [1.29, 1.82) is 0 Å². The largest absolute Gasteiger partial charge is 0.491 e. The van der Waals surface area contributed by atoms with Gasteiger partial charge in [-0.2, -0.15) is 0 Å². The number of aliphatic hydroxyl groups excluding tert-OH is 1. The molecule has 2 N–H and O–H groups in total. The van der Waals surface area contributed by atoms with Crippen molar-refractivity contribution in [2.24, 2.45) is 0 Å². The van der Waals surface area contributed by atoms with Crippen LogP contribution in [0.25, 0.3) is 0 Å². The molecule has 0 saturated carbocycles. The lowest BCUT2D eigenvalue weighted by Crippen LogP contribution is -2.20. The lowest BCUT2D eigenvalue weighted by atomic mass is 10.1. The van der Waals surface area contributed by atoms with Crippen LogP contribution in [0.4, 0.5) is 5.00 Å². The Morgan fingerprint density at radius 2 is 2.04 bits per heavy atom. The molecule has 0 aliphatic rings. The van der Waals surface area contributed by atoms with E-state index in [1.54, 1.807) is 11.4 Å². The van der Waals surface area contributed by atoms with E-state index in [0.29, 0.717) is 13.1 Å². The minimum atomic E-state index is -0.642. The van der Waals surface area contributed by atoms with Crippen molar-refractivity contribution in [2.45, 2.75) is 32.6 Å². The molecule has 0 aliphatic heterocycles. The third-order valence-corrected chi connectivity index (χ3v) is 4.05. The first-order chi connectivity index (χ1) is 11.0. The second-order valence-corrected chi connectivity index (χ2v) is 6.32. The molecular formula is C16H20N2O4S. The highest BCUT2D eigenvalue weighted by Crippen LogP contribution is 2.22. The fourth-order valence-corrected chi connectivity index (χ4v) is 2.79. The standard InChI is InChI=1S/C16H20N2O4S/c1-11(2)22-14-5-3-13(4-6-14)15(19)9-17-8-12-7-16(18(20)21)23-10-12/h3-7,10-11,15,17,19H,8-9H2,1-2H3. The molecule has 0 amide bonds. The van der Waals surface area contributed by atoms with Crippen molar-refractivity contribution in [1.82, 2.24) is 5.32 Å². The predicted octanol–water partition coefficient (Wildman–Crippen LogP) is 3.27. The van der Waals surface area contributed by atoms with Gasteiger partial charge in [-0.05, 0) is 37.1 Å².